The van der Waals surface area contributed by atoms with E-state index < -0.39 is 10.0 Å². The summed E-state index contributed by atoms with van der Waals surface area (Å²) in [5.41, 5.74) is 5.36. The first-order chi connectivity index (χ1) is 9.95. The van der Waals surface area contributed by atoms with E-state index in [9.17, 15) is 8.42 Å². The molecule has 1 heterocycles. The van der Waals surface area contributed by atoms with Gasteiger partial charge in [-0.15, -0.1) is 0 Å². The monoisotopic (exact) mass is 314 g/mol. The van der Waals surface area contributed by atoms with E-state index >= 15 is 0 Å². The molecule has 21 heavy (non-hydrogen) atoms. The highest BCUT2D eigenvalue weighted by atomic mass is 32.2. The summed E-state index contributed by atoms with van der Waals surface area (Å²) in [4.78, 5) is 0.267. The first kappa shape index (κ1) is 16.2. The molecule has 0 aliphatic carbocycles. The molecular weight excluding hydrogens is 292 g/mol. The van der Waals surface area contributed by atoms with Gasteiger partial charge in [0.15, 0.2) is 0 Å². The molecule has 0 spiro atoms. The summed E-state index contributed by atoms with van der Waals surface area (Å²) in [6.07, 6.45) is -0.0943. The number of benzene rings is 1. The van der Waals surface area contributed by atoms with Gasteiger partial charge in [-0.05, 0) is 38.1 Å². The molecule has 1 fully saturated rings. The van der Waals surface area contributed by atoms with Gasteiger partial charge in [0.05, 0.1) is 17.6 Å². The van der Waals surface area contributed by atoms with Crippen molar-refractivity contribution in [3.8, 4) is 5.75 Å². The molecule has 2 atom stereocenters. The SMILES string of the molecule is CC1CN(S(=O)(=O)c2ccc(OCCN)cc2)C(C)CO1. The Morgan fingerprint density at radius 2 is 2.00 bits per heavy atom. The van der Waals surface area contributed by atoms with Crippen molar-refractivity contribution in [2.75, 3.05) is 26.3 Å². The van der Waals surface area contributed by atoms with E-state index in [1.165, 1.54) is 4.31 Å². The molecule has 1 saturated heterocycles. The summed E-state index contributed by atoms with van der Waals surface area (Å²) in [5.74, 6) is 0.614. The summed E-state index contributed by atoms with van der Waals surface area (Å²) < 4.78 is 37.7. The van der Waals surface area contributed by atoms with Crippen molar-refractivity contribution in [3.63, 3.8) is 0 Å². The summed E-state index contributed by atoms with van der Waals surface area (Å²) >= 11 is 0. The number of ether oxygens (including phenoxy) is 2. The van der Waals surface area contributed by atoms with Gasteiger partial charge < -0.3 is 15.2 Å². The fourth-order valence-corrected chi connectivity index (χ4v) is 3.92. The largest absolute Gasteiger partial charge is 0.492 e. The molecule has 118 valence electrons. The van der Waals surface area contributed by atoms with E-state index in [0.717, 1.165) is 0 Å². The van der Waals surface area contributed by atoms with Crippen LogP contribution in [0.2, 0.25) is 0 Å². The Hall–Kier alpha value is -1.15. The van der Waals surface area contributed by atoms with E-state index in [4.69, 9.17) is 15.2 Å². The molecule has 0 bridgehead atoms. The Labute approximate surface area is 125 Å². The molecule has 0 radical (unpaired) electrons. The lowest BCUT2D eigenvalue weighted by Crippen LogP contribution is -2.50. The second-order valence-electron chi connectivity index (χ2n) is 5.18. The van der Waals surface area contributed by atoms with Crippen molar-refractivity contribution in [2.45, 2.75) is 30.9 Å². The Balaban J connectivity index is 2.18. The third kappa shape index (κ3) is 3.74. The second kappa shape index (κ2) is 6.74. The minimum atomic E-state index is -3.51. The van der Waals surface area contributed by atoms with Crippen molar-refractivity contribution < 1.29 is 17.9 Å². The molecule has 2 rings (SSSR count). The fourth-order valence-electron chi connectivity index (χ4n) is 2.23. The summed E-state index contributed by atoms with van der Waals surface area (Å²) in [7, 11) is -3.51. The minimum Gasteiger partial charge on any atom is -0.492 e. The van der Waals surface area contributed by atoms with Crippen molar-refractivity contribution in [1.29, 1.82) is 0 Å². The van der Waals surface area contributed by atoms with E-state index in [0.29, 0.717) is 32.1 Å². The lowest BCUT2D eigenvalue weighted by Gasteiger charge is -2.35. The number of sulfonamides is 1. The van der Waals surface area contributed by atoms with Crippen LogP contribution in [-0.4, -0.2) is 51.2 Å². The zero-order chi connectivity index (χ0) is 15.5. The summed E-state index contributed by atoms with van der Waals surface area (Å²) in [6.45, 7) is 5.33. The predicted octanol–water partition coefficient (Wildman–Crippen LogP) is 0.822. The highest BCUT2D eigenvalue weighted by molar-refractivity contribution is 7.89. The molecule has 1 aromatic carbocycles. The van der Waals surface area contributed by atoms with Crippen LogP contribution in [0.5, 0.6) is 5.75 Å². The van der Waals surface area contributed by atoms with Crippen LogP contribution in [0.1, 0.15) is 13.8 Å². The van der Waals surface area contributed by atoms with Crippen LogP contribution in [0.25, 0.3) is 0 Å². The lowest BCUT2D eigenvalue weighted by molar-refractivity contribution is -0.0170. The van der Waals surface area contributed by atoms with Gasteiger partial charge in [0.25, 0.3) is 0 Å². The van der Waals surface area contributed by atoms with E-state index in [-0.39, 0.29) is 17.0 Å². The molecular formula is C14H22N2O4S. The van der Waals surface area contributed by atoms with Gasteiger partial charge in [-0.25, -0.2) is 8.42 Å². The highest BCUT2D eigenvalue weighted by Gasteiger charge is 2.34. The zero-order valence-electron chi connectivity index (χ0n) is 12.4. The van der Waals surface area contributed by atoms with E-state index in [1.807, 2.05) is 13.8 Å². The van der Waals surface area contributed by atoms with Crippen molar-refractivity contribution >= 4 is 10.0 Å². The molecule has 0 saturated carbocycles. The number of morpholine rings is 1. The van der Waals surface area contributed by atoms with E-state index in [2.05, 4.69) is 0 Å². The predicted molar refractivity (Wildman–Crippen MR) is 79.8 cm³/mol. The Morgan fingerprint density at radius 3 is 2.62 bits per heavy atom. The summed E-state index contributed by atoms with van der Waals surface area (Å²) in [5, 5.41) is 0. The average Bonchev–Trinajstić information content (AvgIpc) is 2.48. The standard InChI is InChI=1S/C14H22N2O4S/c1-11-10-20-12(2)9-16(11)21(17,18)14-5-3-13(4-6-14)19-8-7-15/h3-6,11-12H,7-10,15H2,1-2H3. The third-order valence-corrected chi connectivity index (χ3v) is 5.36. The smallest absolute Gasteiger partial charge is 0.243 e. The van der Waals surface area contributed by atoms with E-state index in [1.54, 1.807) is 24.3 Å². The first-order valence-corrected chi connectivity index (χ1v) is 8.45. The Morgan fingerprint density at radius 1 is 1.33 bits per heavy atom. The number of nitrogens with two attached hydrogens (primary N) is 1. The second-order valence-corrected chi connectivity index (χ2v) is 7.07. The average molecular weight is 314 g/mol. The van der Waals surface area contributed by atoms with Gasteiger partial charge in [-0.3, -0.25) is 0 Å². The molecule has 0 aromatic heterocycles. The molecule has 2 N–H and O–H groups in total. The first-order valence-electron chi connectivity index (χ1n) is 7.01. The third-order valence-electron chi connectivity index (χ3n) is 3.37. The van der Waals surface area contributed by atoms with Crippen LogP contribution in [-0.2, 0) is 14.8 Å². The van der Waals surface area contributed by atoms with Crippen molar-refractivity contribution in [2.24, 2.45) is 5.73 Å². The van der Waals surface area contributed by atoms with Crippen LogP contribution in [0.15, 0.2) is 29.2 Å². The maximum Gasteiger partial charge on any atom is 0.243 e. The minimum absolute atomic E-state index is 0.0943. The topological polar surface area (TPSA) is 81.9 Å². The van der Waals surface area contributed by atoms with Gasteiger partial charge in [0.2, 0.25) is 10.0 Å². The zero-order valence-corrected chi connectivity index (χ0v) is 13.2. The highest BCUT2D eigenvalue weighted by Crippen LogP contribution is 2.24. The molecule has 2 unspecified atom stereocenters. The quantitative estimate of drug-likeness (QED) is 0.870. The van der Waals surface area contributed by atoms with Gasteiger partial charge in [0.1, 0.15) is 12.4 Å². The van der Waals surface area contributed by atoms with Gasteiger partial charge >= 0.3 is 0 Å². The van der Waals surface area contributed by atoms with Crippen molar-refractivity contribution in [3.05, 3.63) is 24.3 Å². The molecule has 1 aromatic rings. The van der Waals surface area contributed by atoms with Gasteiger partial charge in [0, 0.05) is 19.1 Å². The molecule has 1 aliphatic heterocycles. The van der Waals surface area contributed by atoms with Gasteiger partial charge in [-0.2, -0.15) is 4.31 Å². The van der Waals surface area contributed by atoms with Gasteiger partial charge in [-0.1, -0.05) is 0 Å². The summed E-state index contributed by atoms with van der Waals surface area (Å²) in [6, 6.07) is 6.26. The maximum atomic E-state index is 12.7. The number of rotatable bonds is 5. The lowest BCUT2D eigenvalue weighted by atomic mass is 10.2. The van der Waals surface area contributed by atoms with Crippen LogP contribution in [0, 0.1) is 0 Å². The molecule has 0 amide bonds. The fraction of sp³-hybridized carbons (Fsp3) is 0.571. The van der Waals surface area contributed by atoms with Crippen LogP contribution in [0.4, 0.5) is 0 Å². The van der Waals surface area contributed by atoms with Crippen LogP contribution >= 0.6 is 0 Å². The molecule has 6 nitrogen and oxygen atoms in total. The van der Waals surface area contributed by atoms with Crippen molar-refractivity contribution in [1.82, 2.24) is 4.31 Å². The Kier molecular flexibility index (Phi) is 5.21. The Bertz CT molecular complexity index is 559. The number of hydrogen-bond donors (Lipinski definition) is 1. The maximum absolute atomic E-state index is 12.7. The number of nitrogens with zero attached hydrogens (tertiary/aromatic N) is 1. The number of hydrogen-bond acceptors (Lipinski definition) is 5. The molecule has 7 heteroatoms. The normalized spacial score (nSPS) is 24.0. The molecule has 1 aliphatic rings. The van der Waals surface area contributed by atoms with Crippen LogP contribution < -0.4 is 10.5 Å². The van der Waals surface area contributed by atoms with Crippen LogP contribution in [0.3, 0.4) is 0 Å².